The van der Waals surface area contributed by atoms with E-state index in [1.807, 2.05) is 0 Å². The molecule has 2 saturated heterocycles. The van der Waals surface area contributed by atoms with Crippen LogP contribution in [0.2, 0.25) is 0 Å². The zero-order chi connectivity index (χ0) is 20.5. The molecule has 0 spiro atoms. The molecule has 1 N–H and O–H groups in total. The minimum atomic E-state index is -3.04. The van der Waals surface area contributed by atoms with Crippen LogP contribution in [0.4, 0.5) is 23.7 Å². The highest BCUT2D eigenvalue weighted by atomic mass is 32.2. The van der Waals surface area contributed by atoms with Crippen molar-refractivity contribution in [1.82, 2.24) is 5.32 Å². The van der Waals surface area contributed by atoms with Crippen molar-refractivity contribution in [1.29, 1.82) is 0 Å². The highest BCUT2D eigenvalue weighted by molar-refractivity contribution is 7.91. The number of cyclic esters (lactones) is 1. The molecule has 2 fully saturated rings. The number of nitrogens with zero attached hydrogens (tertiary/aromatic N) is 1. The van der Waals surface area contributed by atoms with Crippen LogP contribution in [-0.2, 0) is 14.6 Å². The molecule has 28 heavy (non-hydrogen) atoms. The Morgan fingerprint density at radius 2 is 2.00 bits per heavy atom. The van der Waals surface area contributed by atoms with Gasteiger partial charge in [0, 0.05) is 0 Å². The topological polar surface area (TPSA) is 75.7 Å². The molecule has 2 heterocycles. The normalized spacial score (nSPS) is 22.4. The molecule has 11 heteroatoms. The van der Waals surface area contributed by atoms with Crippen molar-refractivity contribution >= 4 is 38.8 Å². The summed E-state index contributed by atoms with van der Waals surface area (Å²) in [6.45, 7) is 0.000665. The van der Waals surface area contributed by atoms with E-state index in [1.165, 1.54) is 11.0 Å². The number of rotatable bonds is 5. The number of ether oxygens (including phenoxy) is 1. The molecule has 6 nitrogen and oxygen atoms in total. The summed E-state index contributed by atoms with van der Waals surface area (Å²) in [4.78, 5) is 12.6. The molecular formula is C17H19F3N2O4S2. The number of alkyl halides is 2. The molecule has 0 unspecified atom stereocenters. The average molecular weight is 436 g/mol. The third kappa shape index (κ3) is 4.75. The van der Waals surface area contributed by atoms with Crippen molar-refractivity contribution in [2.75, 3.05) is 29.5 Å². The molecule has 1 atom stereocenters. The molecule has 0 aromatic heterocycles. The minimum absolute atomic E-state index is 0.0342. The molecule has 3 rings (SSSR count). The number of sulfone groups is 1. The van der Waals surface area contributed by atoms with Gasteiger partial charge in [-0.05, 0) is 36.5 Å². The molecule has 1 amide bonds. The maximum absolute atomic E-state index is 14.6. The summed E-state index contributed by atoms with van der Waals surface area (Å²) in [6.07, 6.45) is -3.47. The third-order valence-electron chi connectivity index (χ3n) is 4.87. The standard InChI is InChI=1S/C17H19F3N2O4S2/c18-14-7-11(1-2-13(14)10-3-5-28(24,25)6-4-10)22-9-12(26-17(22)23)8-21-16(27)15(19)20/h1-2,7,10,12,15H,3-6,8-9H2,(H,21,27)/t12-/m0/s1. The second-order valence-corrected chi connectivity index (χ2v) is 9.54. The number of hydrogen-bond acceptors (Lipinski definition) is 5. The summed E-state index contributed by atoms with van der Waals surface area (Å²) >= 11 is 4.47. The monoisotopic (exact) mass is 436 g/mol. The predicted octanol–water partition coefficient (Wildman–Crippen LogP) is 2.63. The van der Waals surface area contributed by atoms with Crippen LogP contribution >= 0.6 is 12.2 Å². The first-order valence-electron chi connectivity index (χ1n) is 8.70. The van der Waals surface area contributed by atoms with Gasteiger partial charge in [-0.25, -0.2) is 26.4 Å². The molecule has 0 aliphatic carbocycles. The average Bonchev–Trinajstić information content (AvgIpc) is 3.00. The number of halogens is 3. The SMILES string of the molecule is O=C1O[C@@H](CNC(=S)C(F)F)CN1c1ccc(C2CCS(=O)(=O)CC2)c(F)c1. The zero-order valence-corrected chi connectivity index (χ0v) is 16.4. The van der Waals surface area contributed by atoms with Crippen molar-refractivity contribution in [2.24, 2.45) is 0 Å². The summed E-state index contributed by atoms with van der Waals surface area (Å²) < 4.78 is 67.6. The Morgan fingerprint density at radius 1 is 1.32 bits per heavy atom. The van der Waals surface area contributed by atoms with Gasteiger partial charge in [-0.15, -0.1) is 0 Å². The van der Waals surface area contributed by atoms with E-state index in [4.69, 9.17) is 4.74 Å². The lowest BCUT2D eigenvalue weighted by atomic mass is 9.93. The first-order valence-corrected chi connectivity index (χ1v) is 10.9. The number of nitrogens with one attached hydrogen (secondary N) is 1. The number of carbonyl (C=O) groups is 1. The largest absolute Gasteiger partial charge is 0.442 e. The number of anilines is 1. The van der Waals surface area contributed by atoms with Gasteiger partial charge in [-0.1, -0.05) is 18.3 Å². The molecule has 1 aromatic rings. The highest BCUT2D eigenvalue weighted by Crippen LogP contribution is 2.33. The summed E-state index contributed by atoms with van der Waals surface area (Å²) in [5, 5.41) is 2.34. The second kappa shape index (κ2) is 8.24. The van der Waals surface area contributed by atoms with E-state index in [1.54, 1.807) is 12.1 Å². The number of benzene rings is 1. The van der Waals surface area contributed by atoms with Crippen LogP contribution in [0.25, 0.3) is 0 Å². The number of thiocarbonyl (C=S) groups is 1. The van der Waals surface area contributed by atoms with E-state index < -0.39 is 39.3 Å². The second-order valence-electron chi connectivity index (χ2n) is 6.79. The van der Waals surface area contributed by atoms with Gasteiger partial charge in [-0.2, -0.15) is 0 Å². The maximum Gasteiger partial charge on any atom is 0.414 e. The lowest BCUT2D eigenvalue weighted by Crippen LogP contribution is -2.36. The quantitative estimate of drug-likeness (QED) is 0.716. The Hall–Kier alpha value is -1.88. The molecule has 0 bridgehead atoms. The molecule has 154 valence electrons. The van der Waals surface area contributed by atoms with Crippen LogP contribution in [0.3, 0.4) is 0 Å². The van der Waals surface area contributed by atoms with Crippen LogP contribution in [0, 0.1) is 5.82 Å². The van der Waals surface area contributed by atoms with Gasteiger partial charge >= 0.3 is 6.09 Å². The van der Waals surface area contributed by atoms with Gasteiger partial charge in [0.25, 0.3) is 6.43 Å². The van der Waals surface area contributed by atoms with Gasteiger partial charge in [0.2, 0.25) is 0 Å². The van der Waals surface area contributed by atoms with Gasteiger partial charge in [-0.3, -0.25) is 4.90 Å². The van der Waals surface area contributed by atoms with Gasteiger partial charge in [0.05, 0.1) is 30.3 Å². The predicted molar refractivity (Wildman–Crippen MR) is 101 cm³/mol. The van der Waals surface area contributed by atoms with Crippen molar-refractivity contribution in [3.8, 4) is 0 Å². The Bertz CT molecular complexity index is 865. The summed E-state index contributed by atoms with van der Waals surface area (Å²) in [5.74, 6) is -0.635. The van der Waals surface area contributed by atoms with Crippen LogP contribution in [-0.4, -0.2) is 56.6 Å². The van der Waals surface area contributed by atoms with Crippen molar-refractivity contribution in [2.45, 2.75) is 31.3 Å². The maximum atomic E-state index is 14.6. The molecule has 0 radical (unpaired) electrons. The summed E-state index contributed by atoms with van der Waals surface area (Å²) in [6, 6.07) is 4.33. The Labute approximate surface area is 165 Å². The fourth-order valence-electron chi connectivity index (χ4n) is 3.35. The summed E-state index contributed by atoms with van der Waals surface area (Å²) in [5.41, 5.74) is 0.709. The molecule has 1 aromatic carbocycles. The number of amides is 1. The van der Waals surface area contributed by atoms with Crippen molar-refractivity contribution in [3.05, 3.63) is 29.6 Å². The van der Waals surface area contributed by atoms with Crippen molar-refractivity contribution in [3.63, 3.8) is 0 Å². The van der Waals surface area contributed by atoms with Gasteiger partial charge < -0.3 is 10.1 Å². The van der Waals surface area contributed by atoms with E-state index in [9.17, 15) is 26.4 Å². The van der Waals surface area contributed by atoms with Crippen LogP contribution in [0.5, 0.6) is 0 Å². The van der Waals surface area contributed by atoms with E-state index in [-0.39, 0.29) is 36.2 Å². The third-order valence-corrected chi connectivity index (χ3v) is 6.90. The van der Waals surface area contributed by atoms with Crippen LogP contribution in [0.1, 0.15) is 24.3 Å². The molecule has 2 aliphatic rings. The Balaban J connectivity index is 1.65. The molecular weight excluding hydrogens is 417 g/mol. The fraction of sp³-hybridized carbons (Fsp3) is 0.529. The fourth-order valence-corrected chi connectivity index (χ4v) is 4.92. The van der Waals surface area contributed by atoms with E-state index in [2.05, 4.69) is 17.5 Å². The summed E-state index contributed by atoms with van der Waals surface area (Å²) in [7, 11) is -3.04. The first kappa shape index (κ1) is 20.8. The van der Waals surface area contributed by atoms with E-state index in [0.29, 0.717) is 18.4 Å². The first-order chi connectivity index (χ1) is 13.2. The van der Waals surface area contributed by atoms with Crippen molar-refractivity contribution < 1.29 is 31.1 Å². The smallest absolute Gasteiger partial charge is 0.414 e. The number of hydrogen-bond donors (Lipinski definition) is 1. The lowest BCUT2D eigenvalue weighted by Gasteiger charge is -2.23. The van der Waals surface area contributed by atoms with E-state index >= 15 is 0 Å². The minimum Gasteiger partial charge on any atom is -0.442 e. The lowest BCUT2D eigenvalue weighted by molar-refractivity contribution is 0.142. The zero-order valence-electron chi connectivity index (χ0n) is 14.7. The molecule has 2 aliphatic heterocycles. The van der Waals surface area contributed by atoms with Crippen LogP contribution in [0.15, 0.2) is 18.2 Å². The van der Waals surface area contributed by atoms with Crippen LogP contribution < -0.4 is 10.2 Å². The Kier molecular flexibility index (Phi) is 6.13. The van der Waals surface area contributed by atoms with Gasteiger partial charge in [0.15, 0.2) is 0 Å². The highest BCUT2D eigenvalue weighted by Gasteiger charge is 2.33. The van der Waals surface area contributed by atoms with E-state index in [0.717, 1.165) is 0 Å². The Morgan fingerprint density at radius 3 is 2.61 bits per heavy atom. The van der Waals surface area contributed by atoms with Gasteiger partial charge in [0.1, 0.15) is 26.7 Å². The molecule has 0 saturated carbocycles. The number of carbonyl (C=O) groups excluding carboxylic acids is 1.